The number of piperidine rings is 1. The Balaban J connectivity index is 1.68. The number of halogens is 2. The lowest BCUT2D eigenvalue weighted by Crippen LogP contribution is -2.45. The molecule has 1 saturated heterocycles. The standard InChI is InChI=1S/C20H22F2N2O3S/c1-23(13-15-4-6-17(21)7-5-15)20(25)16-3-2-12-24(14-16)28(26,27)19-10-8-18(22)9-11-19/h4-11,16H,2-3,12-14H2,1H3. The Labute approximate surface area is 163 Å². The second-order valence-electron chi connectivity index (χ2n) is 6.98. The Hall–Kier alpha value is -2.32. The molecular formula is C20H22F2N2O3S. The lowest BCUT2D eigenvalue weighted by molar-refractivity contribution is -0.135. The minimum absolute atomic E-state index is 0.0154. The zero-order chi connectivity index (χ0) is 20.3. The van der Waals surface area contributed by atoms with E-state index in [0.29, 0.717) is 25.9 Å². The van der Waals surface area contributed by atoms with E-state index in [1.54, 1.807) is 19.2 Å². The Morgan fingerprint density at radius 1 is 1.07 bits per heavy atom. The van der Waals surface area contributed by atoms with Gasteiger partial charge in [-0.25, -0.2) is 17.2 Å². The highest BCUT2D eigenvalue weighted by Gasteiger charge is 2.34. The summed E-state index contributed by atoms with van der Waals surface area (Å²) in [5, 5.41) is 0. The third-order valence-electron chi connectivity index (χ3n) is 4.89. The number of nitrogens with zero attached hydrogens (tertiary/aromatic N) is 2. The molecule has 0 aliphatic carbocycles. The SMILES string of the molecule is CN(Cc1ccc(F)cc1)C(=O)C1CCCN(S(=O)(=O)c2ccc(F)cc2)C1. The Morgan fingerprint density at radius 2 is 1.64 bits per heavy atom. The van der Waals surface area contributed by atoms with Gasteiger partial charge in [0.05, 0.1) is 10.8 Å². The summed E-state index contributed by atoms with van der Waals surface area (Å²) in [6.07, 6.45) is 1.17. The smallest absolute Gasteiger partial charge is 0.243 e. The summed E-state index contributed by atoms with van der Waals surface area (Å²) in [6.45, 7) is 0.734. The van der Waals surface area contributed by atoms with Gasteiger partial charge in [0.25, 0.3) is 0 Å². The highest BCUT2D eigenvalue weighted by molar-refractivity contribution is 7.89. The van der Waals surface area contributed by atoms with Gasteiger partial charge in [0, 0.05) is 26.7 Å². The van der Waals surface area contributed by atoms with Crippen LogP contribution in [0.15, 0.2) is 53.4 Å². The van der Waals surface area contributed by atoms with Crippen molar-refractivity contribution in [2.24, 2.45) is 5.92 Å². The van der Waals surface area contributed by atoms with Gasteiger partial charge in [-0.1, -0.05) is 12.1 Å². The highest BCUT2D eigenvalue weighted by Crippen LogP contribution is 2.25. The fourth-order valence-corrected chi connectivity index (χ4v) is 4.90. The second-order valence-corrected chi connectivity index (χ2v) is 8.91. The van der Waals surface area contributed by atoms with E-state index < -0.39 is 21.8 Å². The molecule has 3 rings (SSSR count). The molecule has 2 aromatic rings. The average molecular weight is 408 g/mol. The number of carbonyl (C=O) groups excluding carboxylic acids is 1. The normalized spacial score (nSPS) is 18.0. The Morgan fingerprint density at radius 3 is 2.25 bits per heavy atom. The number of hydrogen-bond acceptors (Lipinski definition) is 3. The molecule has 2 aromatic carbocycles. The molecule has 0 saturated carbocycles. The van der Waals surface area contributed by atoms with Gasteiger partial charge in [-0.2, -0.15) is 4.31 Å². The first kappa shape index (κ1) is 20.4. The van der Waals surface area contributed by atoms with E-state index >= 15 is 0 Å². The number of hydrogen-bond donors (Lipinski definition) is 0. The van der Waals surface area contributed by atoms with E-state index in [0.717, 1.165) is 17.7 Å². The Kier molecular flexibility index (Phi) is 6.10. The van der Waals surface area contributed by atoms with E-state index in [9.17, 15) is 22.0 Å². The van der Waals surface area contributed by atoms with Crippen LogP contribution in [0.5, 0.6) is 0 Å². The molecule has 0 spiro atoms. The Bertz CT molecular complexity index is 931. The van der Waals surface area contributed by atoms with Gasteiger partial charge in [-0.15, -0.1) is 0 Å². The number of rotatable bonds is 5. The zero-order valence-electron chi connectivity index (χ0n) is 15.5. The van der Waals surface area contributed by atoms with Crippen LogP contribution in [0.1, 0.15) is 18.4 Å². The third-order valence-corrected chi connectivity index (χ3v) is 6.77. The first-order valence-electron chi connectivity index (χ1n) is 9.02. The van der Waals surface area contributed by atoms with Crippen molar-refractivity contribution in [2.45, 2.75) is 24.3 Å². The molecule has 0 N–H and O–H groups in total. The van der Waals surface area contributed by atoms with Gasteiger partial charge in [-0.3, -0.25) is 4.79 Å². The van der Waals surface area contributed by atoms with Crippen molar-refractivity contribution in [3.05, 3.63) is 65.7 Å². The first-order chi connectivity index (χ1) is 13.3. The number of amides is 1. The van der Waals surface area contributed by atoms with Gasteiger partial charge in [0.2, 0.25) is 15.9 Å². The number of benzene rings is 2. The summed E-state index contributed by atoms with van der Waals surface area (Å²) >= 11 is 0. The van der Waals surface area contributed by atoms with Crippen LogP contribution in [0.3, 0.4) is 0 Å². The van der Waals surface area contributed by atoms with Crippen LogP contribution in [0, 0.1) is 17.6 Å². The summed E-state index contributed by atoms with van der Waals surface area (Å²) < 4.78 is 53.0. The molecule has 0 radical (unpaired) electrons. The van der Waals surface area contributed by atoms with Gasteiger partial charge in [0.1, 0.15) is 11.6 Å². The van der Waals surface area contributed by atoms with Gasteiger partial charge in [-0.05, 0) is 54.8 Å². The van der Waals surface area contributed by atoms with Crippen LogP contribution in [0.4, 0.5) is 8.78 Å². The molecule has 150 valence electrons. The molecule has 1 aliphatic heterocycles. The van der Waals surface area contributed by atoms with Gasteiger partial charge in [0.15, 0.2) is 0 Å². The van der Waals surface area contributed by atoms with E-state index in [2.05, 4.69) is 0 Å². The minimum atomic E-state index is -3.78. The van der Waals surface area contributed by atoms with Crippen LogP contribution in [-0.2, 0) is 21.4 Å². The van der Waals surface area contributed by atoms with Crippen molar-refractivity contribution in [3.63, 3.8) is 0 Å². The van der Waals surface area contributed by atoms with E-state index in [1.807, 2.05) is 0 Å². The van der Waals surface area contributed by atoms with Gasteiger partial charge >= 0.3 is 0 Å². The largest absolute Gasteiger partial charge is 0.341 e. The third kappa shape index (κ3) is 4.56. The van der Waals surface area contributed by atoms with E-state index in [1.165, 1.54) is 33.5 Å². The topological polar surface area (TPSA) is 57.7 Å². The maximum absolute atomic E-state index is 13.1. The molecule has 8 heteroatoms. The van der Waals surface area contributed by atoms with Crippen LogP contribution in [-0.4, -0.2) is 43.7 Å². The molecule has 1 heterocycles. The molecule has 0 aromatic heterocycles. The average Bonchev–Trinajstić information content (AvgIpc) is 2.69. The summed E-state index contributed by atoms with van der Waals surface area (Å²) in [5.74, 6) is -1.45. The van der Waals surface area contributed by atoms with Crippen molar-refractivity contribution in [1.82, 2.24) is 9.21 Å². The lowest BCUT2D eigenvalue weighted by Gasteiger charge is -2.33. The van der Waals surface area contributed by atoms with Crippen molar-refractivity contribution in [2.75, 3.05) is 20.1 Å². The van der Waals surface area contributed by atoms with Crippen LogP contribution < -0.4 is 0 Å². The molecule has 1 amide bonds. The molecule has 28 heavy (non-hydrogen) atoms. The van der Waals surface area contributed by atoms with Crippen LogP contribution in [0.2, 0.25) is 0 Å². The zero-order valence-corrected chi connectivity index (χ0v) is 16.3. The fraction of sp³-hybridized carbons (Fsp3) is 0.350. The minimum Gasteiger partial charge on any atom is -0.341 e. The molecule has 1 atom stereocenters. The molecular weight excluding hydrogens is 386 g/mol. The molecule has 1 fully saturated rings. The second kappa shape index (κ2) is 8.36. The van der Waals surface area contributed by atoms with Crippen molar-refractivity contribution < 1.29 is 22.0 Å². The lowest BCUT2D eigenvalue weighted by atomic mass is 9.98. The molecule has 1 unspecified atom stereocenters. The maximum Gasteiger partial charge on any atom is 0.243 e. The van der Waals surface area contributed by atoms with Crippen molar-refractivity contribution in [3.8, 4) is 0 Å². The van der Waals surface area contributed by atoms with E-state index in [-0.39, 0.29) is 23.2 Å². The van der Waals surface area contributed by atoms with Crippen molar-refractivity contribution >= 4 is 15.9 Å². The molecule has 5 nitrogen and oxygen atoms in total. The summed E-state index contributed by atoms with van der Waals surface area (Å²) in [5.41, 5.74) is 0.795. The summed E-state index contributed by atoms with van der Waals surface area (Å²) in [6, 6.07) is 10.6. The summed E-state index contributed by atoms with van der Waals surface area (Å²) in [4.78, 5) is 14.4. The molecule has 1 aliphatic rings. The summed E-state index contributed by atoms with van der Waals surface area (Å²) in [7, 11) is -2.13. The maximum atomic E-state index is 13.1. The quantitative estimate of drug-likeness (QED) is 0.764. The van der Waals surface area contributed by atoms with Gasteiger partial charge < -0.3 is 4.90 Å². The van der Waals surface area contributed by atoms with Crippen LogP contribution in [0.25, 0.3) is 0 Å². The number of sulfonamides is 1. The number of carbonyl (C=O) groups is 1. The highest BCUT2D eigenvalue weighted by atomic mass is 32.2. The predicted octanol–water partition coefficient (Wildman–Crippen LogP) is 3.02. The predicted molar refractivity (Wildman–Crippen MR) is 101 cm³/mol. The fourth-order valence-electron chi connectivity index (χ4n) is 3.37. The van der Waals surface area contributed by atoms with Crippen LogP contribution >= 0.6 is 0 Å². The first-order valence-corrected chi connectivity index (χ1v) is 10.5. The molecule has 0 bridgehead atoms. The monoisotopic (exact) mass is 408 g/mol. The van der Waals surface area contributed by atoms with E-state index in [4.69, 9.17) is 0 Å². The van der Waals surface area contributed by atoms with Crippen molar-refractivity contribution in [1.29, 1.82) is 0 Å².